The molecule has 1 saturated heterocycles. The lowest BCUT2D eigenvalue weighted by Crippen LogP contribution is -2.54. The van der Waals surface area contributed by atoms with Crippen LogP contribution in [0, 0.1) is 5.92 Å². The molecule has 27 heavy (non-hydrogen) atoms. The molecule has 1 aliphatic heterocycles. The maximum atomic E-state index is 12.9. The van der Waals surface area contributed by atoms with Crippen molar-refractivity contribution in [2.24, 2.45) is 5.92 Å². The number of rotatable bonds is 8. The van der Waals surface area contributed by atoms with Gasteiger partial charge in [-0.25, -0.2) is 0 Å². The molecule has 1 fully saturated rings. The molecule has 148 valence electrons. The molecule has 0 radical (unpaired) electrons. The van der Waals surface area contributed by atoms with Gasteiger partial charge < -0.3 is 15.3 Å². The summed E-state index contributed by atoms with van der Waals surface area (Å²) in [5.41, 5.74) is 1.05. The topological polar surface area (TPSA) is 86.7 Å². The fourth-order valence-electron chi connectivity index (χ4n) is 3.52. The van der Waals surface area contributed by atoms with Gasteiger partial charge in [-0.05, 0) is 37.7 Å². The normalized spacial score (nSPS) is 18.2. The van der Waals surface area contributed by atoms with Crippen molar-refractivity contribution in [2.75, 3.05) is 6.54 Å². The number of aliphatic carboxylic acids is 1. The van der Waals surface area contributed by atoms with Crippen molar-refractivity contribution < 1.29 is 19.5 Å². The number of nitrogens with zero attached hydrogens (tertiary/aromatic N) is 1. The number of carbonyl (C=O) groups excluding carboxylic acids is 2. The van der Waals surface area contributed by atoms with Gasteiger partial charge in [0, 0.05) is 24.9 Å². The first-order chi connectivity index (χ1) is 12.9. The van der Waals surface area contributed by atoms with Crippen molar-refractivity contribution in [1.82, 2.24) is 10.2 Å². The van der Waals surface area contributed by atoms with Crippen LogP contribution in [0.15, 0.2) is 30.3 Å². The number of piperidine rings is 1. The van der Waals surface area contributed by atoms with Crippen molar-refractivity contribution in [2.45, 2.75) is 64.5 Å². The van der Waals surface area contributed by atoms with Crippen molar-refractivity contribution in [3.8, 4) is 0 Å². The van der Waals surface area contributed by atoms with Gasteiger partial charge in [-0.3, -0.25) is 14.4 Å². The number of amides is 2. The van der Waals surface area contributed by atoms with Gasteiger partial charge >= 0.3 is 5.97 Å². The molecule has 2 N–H and O–H groups in total. The molecule has 1 aliphatic rings. The van der Waals surface area contributed by atoms with E-state index in [4.69, 9.17) is 5.11 Å². The van der Waals surface area contributed by atoms with Gasteiger partial charge in [0.25, 0.3) is 0 Å². The highest BCUT2D eigenvalue weighted by Gasteiger charge is 2.33. The SMILES string of the molecule is CC(C)C(=O)N1CCCCC1C(=O)NC(CCC(=O)O)Cc1ccccc1. The summed E-state index contributed by atoms with van der Waals surface area (Å²) < 4.78 is 0. The molecule has 1 aromatic carbocycles. The van der Waals surface area contributed by atoms with Crippen molar-refractivity contribution in [3.05, 3.63) is 35.9 Å². The molecule has 6 heteroatoms. The molecular formula is C21H30N2O4. The summed E-state index contributed by atoms with van der Waals surface area (Å²) in [4.78, 5) is 38.1. The lowest BCUT2D eigenvalue weighted by molar-refractivity contribution is -0.145. The van der Waals surface area contributed by atoms with Crippen molar-refractivity contribution >= 4 is 17.8 Å². The summed E-state index contributed by atoms with van der Waals surface area (Å²) in [5.74, 6) is -1.20. The minimum atomic E-state index is -0.878. The Morgan fingerprint density at radius 2 is 1.89 bits per heavy atom. The first kappa shape index (κ1) is 20.9. The summed E-state index contributed by atoms with van der Waals surface area (Å²) in [7, 11) is 0. The number of hydrogen-bond donors (Lipinski definition) is 2. The largest absolute Gasteiger partial charge is 0.481 e. The zero-order valence-electron chi connectivity index (χ0n) is 16.2. The predicted molar refractivity (Wildman–Crippen MR) is 103 cm³/mol. The van der Waals surface area contributed by atoms with Gasteiger partial charge in [-0.1, -0.05) is 44.2 Å². The van der Waals surface area contributed by atoms with Gasteiger partial charge in [-0.15, -0.1) is 0 Å². The summed E-state index contributed by atoms with van der Waals surface area (Å²) in [5, 5.41) is 12.0. The van der Waals surface area contributed by atoms with E-state index in [9.17, 15) is 14.4 Å². The molecule has 1 aromatic rings. The fraction of sp³-hybridized carbons (Fsp3) is 0.571. The highest BCUT2D eigenvalue weighted by atomic mass is 16.4. The molecule has 0 spiro atoms. The minimum absolute atomic E-state index is 0.00000431. The first-order valence-corrected chi connectivity index (χ1v) is 9.75. The van der Waals surface area contributed by atoms with E-state index in [1.165, 1.54) is 0 Å². The average Bonchev–Trinajstić information content (AvgIpc) is 2.66. The van der Waals surface area contributed by atoms with Crippen LogP contribution in [0.4, 0.5) is 0 Å². The summed E-state index contributed by atoms with van der Waals surface area (Å²) in [6.07, 6.45) is 3.41. The minimum Gasteiger partial charge on any atom is -0.481 e. The second-order valence-corrected chi connectivity index (χ2v) is 7.53. The summed E-state index contributed by atoms with van der Waals surface area (Å²) >= 11 is 0. The van der Waals surface area contributed by atoms with Crippen LogP contribution in [0.5, 0.6) is 0 Å². The Labute approximate surface area is 160 Å². The highest BCUT2D eigenvalue weighted by molar-refractivity contribution is 5.88. The number of benzene rings is 1. The van der Waals surface area contributed by atoms with Gasteiger partial charge in [-0.2, -0.15) is 0 Å². The lowest BCUT2D eigenvalue weighted by Gasteiger charge is -2.36. The number of carboxylic acids is 1. The zero-order valence-corrected chi connectivity index (χ0v) is 16.2. The quantitative estimate of drug-likeness (QED) is 0.732. The molecule has 2 unspecified atom stereocenters. The van der Waals surface area contributed by atoms with Gasteiger partial charge in [0.2, 0.25) is 11.8 Å². The third-order valence-electron chi connectivity index (χ3n) is 4.96. The van der Waals surface area contributed by atoms with Crippen LogP contribution in [0.1, 0.15) is 51.5 Å². The Kier molecular flexibility index (Phi) is 7.82. The Balaban J connectivity index is 2.07. The third kappa shape index (κ3) is 6.38. The number of nitrogens with one attached hydrogen (secondary N) is 1. The lowest BCUT2D eigenvalue weighted by atomic mass is 9.97. The van der Waals surface area contributed by atoms with Crippen LogP contribution in [0.2, 0.25) is 0 Å². The smallest absolute Gasteiger partial charge is 0.303 e. The van der Waals surface area contributed by atoms with Crippen LogP contribution in [0.3, 0.4) is 0 Å². The second kappa shape index (κ2) is 10.1. The van der Waals surface area contributed by atoms with Crippen LogP contribution in [-0.4, -0.2) is 46.4 Å². The number of hydrogen-bond acceptors (Lipinski definition) is 3. The Morgan fingerprint density at radius 3 is 2.52 bits per heavy atom. The van der Waals surface area contributed by atoms with E-state index in [1.54, 1.807) is 4.90 Å². The first-order valence-electron chi connectivity index (χ1n) is 9.75. The zero-order chi connectivity index (χ0) is 19.8. The molecule has 2 amide bonds. The monoisotopic (exact) mass is 374 g/mol. The van der Waals surface area contributed by atoms with E-state index < -0.39 is 12.0 Å². The maximum Gasteiger partial charge on any atom is 0.303 e. The molecular weight excluding hydrogens is 344 g/mol. The van der Waals surface area contributed by atoms with E-state index in [0.717, 1.165) is 18.4 Å². The fourth-order valence-corrected chi connectivity index (χ4v) is 3.52. The number of likely N-dealkylation sites (tertiary alicyclic amines) is 1. The average molecular weight is 374 g/mol. The molecule has 0 aliphatic carbocycles. The van der Waals surface area contributed by atoms with Gasteiger partial charge in [0.15, 0.2) is 0 Å². The van der Waals surface area contributed by atoms with E-state index in [2.05, 4.69) is 5.32 Å². The van der Waals surface area contributed by atoms with E-state index in [0.29, 0.717) is 25.8 Å². The van der Waals surface area contributed by atoms with E-state index in [1.807, 2.05) is 44.2 Å². The molecule has 2 rings (SSSR count). The Bertz CT molecular complexity index is 645. The summed E-state index contributed by atoms with van der Waals surface area (Å²) in [6.45, 7) is 4.29. The summed E-state index contributed by atoms with van der Waals surface area (Å²) in [6, 6.07) is 8.98. The Morgan fingerprint density at radius 1 is 1.19 bits per heavy atom. The number of carbonyl (C=O) groups is 3. The Hall–Kier alpha value is -2.37. The molecule has 2 atom stereocenters. The molecule has 0 bridgehead atoms. The van der Waals surface area contributed by atoms with Crippen LogP contribution in [-0.2, 0) is 20.8 Å². The maximum absolute atomic E-state index is 12.9. The van der Waals surface area contributed by atoms with Crippen LogP contribution in [0.25, 0.3) is 0 Å². The highest BCUT2D eigenvalue weighted by Crippen LogP contribution is 2.20. The molecule has 1 heterocycles. The van der Waals surface area contributed by atoms with Crippen molar-refractivity contribution in [1.29, 1.82) is 0 Å². The van der Waals surface area contributed by atoms with Crippen LogP contribution >= 0.6 is 0 Å². The van der Waals surface area contributed by atoms with E-state index >= 15 is 0 Å². The predicted octanol–water partition coefficient (Wildman–Crippen LogP) is 2.62. The number of carboxylic acid groups (broad SMARTS) is 1. The van der Waals surface area contributed by atoms with Crippen LogP contribution < -0.4 is 5.32 Å². The van der Waals surface area contributed by atoms with E-state index in [-0.39, 0.29) is 30.2 Å². The molecule has 6 nitrogen and oxygen atoms in total. The third-order valence-corrected chi connectivity index (χ3v) is 4.96. The second-order valence-electron chi connectivity index (χ2n) is 7.53. The van der Waals surface area contributed by atoms with Crippen molar-refractivity contribution in [3.63, 3.8) is 0 Å². The molecule has 0 aromatic heterocycles. The standard InChI is InChI=1S/C21H30N2O4/c1-15(2)21(27)23-13-7-6-10-18(23)20(26)22-17(11-12-19(24)25)14-16-8-4-3-5-9-16/h3-5,8-9,15,17-18H,6-7,10-14H2,1-2H3,(H,22,26)(H,24,25). The van der Waals surface area contributed by atoms with Gasteiger partial charge in [0.05, 0.1) is 0 Å². The van der Waals surface area contributed by atoms with Gasteiger partial charge in [0.1, 0.15) is 6.04 Å². The molecule has 0 saturated carbocycles.